The maximum Gasteiger partial charge on any atom is 0.260 e. The molecule has 0 fully saturated rings. The molecule has 0 aliphatic rings. The molecular weight excluding hydrogens is 439 g/mol. The van der Waals surface area contributed by atoms with Gasteiger partial charge in [-0.1, -0.05) is 29.8 Å². The van der Waals surface area contributed by atoms with Crippen molar-refractivity contribution in [2.75, 3.05) is 18.9 Å². The summed E-state index contributed by atoms with van der Waals surface area (Å²) in [6.45, 7) is 6.45. The summed E-state index contributed by atoms with van der Waals surface area (Å²) in [5.41, 5.74) is 5.27. The molecule has 0 aliphatic carbocycles. The number of hydrogen-bond acceptors (Lipinski definition) is 5. The van der Waals surface area contributed by atoms with Crippen molar-refractivity contribution in [3.63, 3.8) is 0 Å². The minimum atomic E-state index is -0.327. The van der Waals surface area contributed by atoms with Gasteiger partial charge in [-0.3, -0.25) is 14.5 Å². The van der Waals surface area contributed by atoms with E-state index in [9.17, 15) is 14.0 Å². The molecule has 4 rings (SSSR count). The molecule has 0 unspecified atom stereocenters. The van der Waals surface area contributed by atoms with E-state index in [4.69, 9.17) is 0 Å². The number of aromatic nitrogens is 2. The summed E-state index contributed by atoms with van der Waals surface area (Å²) in [7, 11) is 1.80. The highest BCUT2D eigenvalue weighted by atomic mass is 32.1. The lowest BCUT2D eigenvalue weighted by Gasteiger charge is -2.17. The summed E-state index contributed by atoms with van der Waals surface area (Å²) in [5.74, 6) is 0.0241. The van der Waals surface area contributed by atoms with E-state index in [1.165, 1.54) is 23.5 Å². The van der Waals surface area contributed by atoms with Gasteiger partial charge in [-0.25, -0.2) is 9.37 Å². The Bertz CT molecular complexity index is 1370. The number of halogens is 1. The van der Waals surface area contributed by atoms with Crippen LogP contribution in [0.4, 0.5) is 10.1 Å². The maximum atomic E-state index is 13.3. The second-order valence-corrected chi connectivity index (χ2v) is 9.20. The summed E-state index contributed by atoms with van der Waals surface area (Å²) >= 11 is 1.37. The van der Waals surface area contributed by atoms with Gasteiger partial charge in [-0.2, -0.15) is 0 Å². The van der Waals surface area contributed by atoms with Gasteiger partial charge in [0.05, 0.1) is 18.5 Å². The lowest BCUT2D eigenvalue weighted by molar-refractivity contribution is -0.117. The highest BCUT2D eigenvalue weighted by molar-refractivity contribution is 7.17. The van der Waals surface area contributed by atoms with Gasteiger partial charge in [0, 0.05) is 16.6 Å². The van der Waals surface area contributed by atoms with Crippen molar-refractivity contribution in [3.8, 4) is 11.1 Å². The molecule has 8 heteroatoms. The molecule has 4 aromatic rings. The monoisotopic (exact) mass is 464 g/mol. The standard InChI is InChI=1S/C25H25FN4O2S/c1-14-9-15(2)23(16(3)10-14)29-21(31)12-30(4)11-20-27-24(32)22-19(13-33-25(22)28-20)17-5-7-18(26)8-6-17/h5-10,13H,11-12H2,1-4H3,(H,29,31)(H,27,28,32). The average molecular weight is 465 g/mol. The number of nitrogens with zero attached hydrogens (tertiary/aromatic N) is 2. The number of thiophene rings is 1. The van der Waals surface area contributed by atoms with E-state index in [2.05, 4.69) is 15.3 Å². The minimum absolute atomic E-state index is 0.134. The van der Waals surface area contributed by atoms with E-state index in [-0.39, 0.29) is 23.8 Å². The van der Waals surface area contributed by atoms with Gasteiger partial charge in [-0.05, 0) is 56.6 Å². The summed E-state index contributed by atoms with van der Waals surface area (Å²) in [6, 6.07) is 10.1. The van der Waals surface area contributed by atoms with E-state index in [1.54, 1.807) is 24.1 Å². The van der Waals surface area contributed by atoms with Crippen molar-refractivity contribution < 1.29 is 9.18 Å². The zero-order chi connectivity index (χ0) is 23.7. The number of amides is 1. The summed E-state index contributed by atoms with van der Waals surface area (Å²) in [4.78, 5) is 35.2. The van der Waals surface area contributed by atoms with Gasteiger partial charge < -0.3 is 10.3 Å². The van der Waals surface area contributed by atoms with Crippen LogP contribution in [0.3, 0.4) is 0 Å². The van der Waals surface area contributed by atoms with Crippen LogP contribution in [0.5, 0.6) is 0 Å². The Hall–Kier alpha value is -3.36. The molecule has 2 heterocycles. The Kier molecular flexibility index (Phi) is 6.40. The van der Waals surface area contributed by atoms with Gasteiger partial charge in [0.1, 0.15) is 16.5 Å². The van der Waals surface area contributed by atoms with E-state index >= 15 is 0 Å². The number of anilines is 1. The number of rotatable bonds is 6. The number of H-pyrrole nitrogens is 1. The molecule has 0 atom stereocenters. The van der Waals surface area contributed by atoms with Gasteiger partial charge >= 0.3 is 0 Å². The van der Waals surface area contributed by atoms with Crippen molar-refractivity contribution in [3.05, 3.63) is 80.5 Å². The number of aromatic amines is 1. The zero-order valence-corrected chi connectivity index (χ0v) is 19.8. The number of benzene rings is 2. The number of carbonyl (C=O) groups is 1. The van der Waals surface area contributed by atoms with Crippen LogP contribution in [0.1, 0.15) is 22.5 Å². The molecule has 170 valence electrons. The van der Waals surface area contributed by atoms with Crippen LogP contribution in [0.2, 0.25) is 0 Å². The quantitative estimate of drug-likeness (QED) is 0.430. The van der Waals surface area contributed by atoms with E-state index < -0.39 is 0 Å². The molecule has 6 nitrogen and oxygen atoms in total. The lowest BCUT2D eigenvalue weighted by atomic mass is 10.1. The minimum Gasteiger partial charge on any atom is -0.324 e. The predicted octanol–water partition coefficient (Wildman–Crippen LogP) is 4.79. The van der Waals surface area contributed by atoms with Crippen molar-refractivity contribution in [1.82, 2.24) is 14.9 Å². The molecule has 0 radical (unpaired) electrons. The summed E-state index contributed by atoms with van der Waals surface area (Å²) < 4.78 is 13.3. The van der Waals surface area contributed by atoms with E-state index in [0.717, 1.165) is 33.5 Å². The van der Waals surface area contributed by atoms with Crippen LogP contribution in [-0.2, 0) is 11.3 Å². The van der Waals surface area contributed by atoms with Crippen LogP contribution in [0, 0.1) is 26.6 Å². The molecule has 0 spiro atoms. The second-order valence-electron chi connectivity index (χ2n) is 8.34. The van der Waals surface area contributed by atoms with E-state index in [0.29, 0.717) is 22.6 Å². The first-order chi connectivity index (χ1) is 15.7. The highest BCUT2D eigenvalue weighted by Gasteiger charge is 2.15. The fourth-order valence-corrected chi connectivity index (χ4v) is 4.99. The summed E-state index contributed by atoms with van der Waals surface area (Å²) in [5, 5.41) is 5.33. The third kappa shape index (κ3) is 5.02. The molecule has 0 saturated heterocycles. The van der Waals surface area contributed by atoms with Crippen LogP contribution in [-0.4, -0.2) is 34.4 Å². The van der Waals surface area contributed by atoms with Crippen LogP contribution >= 0.6 is 11.3 Å². The van der Waals surface area contributed by atoms with E-state index in [1.807, 2.05) is 38.3 Å². The Morgan fingerprint density at radius 1 is 1.15 bits per heavy atom. The van der Waals surface area contributed by atoms with Crippen molar-refractivity contribution in [1.29, 1.82) is 0 Å². The molecule has 2 aromatic heterocycles. The Balaban J connectivity index is 1.48. The molecule has 0 aliphatic heterocycles. The van der Waals surface area contributed by atoms with Crippen molar-refractivity contribution in [2.24, 2.45) is 0 Å². The van der Waals surface area contributed by atoms with Gasteiger partial charge in [-0.15, -0.1) is 11.3 Å². The van der Waals surface area contributed by atoms with Gasteiger partial charge in [0.15, 0.2) is 0 Å². The highest BCUT2D eigenvalue weighted by Crippen LogP contribution is 2.30. The molecule has 2 N–H and O–H groups in total. The second kappa shape index (κ2) is 9.25. The van der Waals surface area contributed by atoms with Crippen LogP contribution in [0.15, 0.2) is 46.6 Å². The largest absolute Gasteiger partial charge is 0.324 e. The summed E-state index contributed by atoms with van der Waals surface area (Å²) in [6.07, 6.45) is 0. The SMILES string of the molecule is Cc1cc(C)c(NC(=O)CN(C)Cc2nc3scc(-c4ccc(F)cc4)c3c(=O)[nH]2)c(C)c1. The maximum absolute atomic E-state index is 13.3. The van der Waals surface area contributed by atoms with Gasteiger partial charge in [0.25, 0.3) is 5.56 Å². The number of aryl methyl sites for hydroxylation is 3. The third-order valence-electron chi connectivity index (χ3n) is 5.42. The Labute approximate surface area is 195 Å². The van der Waals surface area contributed by atoms with Gasteiger partial charge in [0.2, 0.25) is 5.91 Å². The normalized spacial score (nSPS) is 11.3. The topological polar surface area (TPSA) is 78.1 Å². The number of hydrogen-bond donors (Lipinski definition) is 2. The third-order valence-corrected chi connectivity index (χ3v) is 6.30. The molecule has 2 aromatic carbocycles. The smallest absolute Gasteiger partial charge is 0.260 e. The molecular formula is C25H25FN4O2S. The fourth-order valence-electron chi connectivity index (χ4n) is 4.02. The number of carbonyl (C=O) groups excluding carboxylic acids is 1. The molecule has 33 heavy (non-hydrogen) atoms. The molecule has 0 bridgehead atoms. The fraction of sp³-hybridized carbons (Fsp3) is 0.240. The number of nitrogens with one attached hydrogen (secondary N) is 2. The first kappa shape index (κ1) is 22.8. The predicted molar refractivity (Wildman–Crippen MR) is 131 cm³/mol. The lowest BCUT2D eigenvalue weighted by Crippen LogP contribution is -2.31. The first-order valence-electron chi connectivity index (χ1n) is 10.5. The number of likely N-dealkylation sites (N-methyl/N-ethyl adjacent to an activating group) is 1. The number of fused-ring (bicyclic) bond motifs is 1. The Morgan fingerprint density at radius 2 is 1.82 bits per heavy atom. The van der Waals surface area contributed by atoms with Crippen LogP contribution < -0.4 is 10.9 Å². The molecule has 1 amide bonds. The Morgan fingerprint density at radius 3 is 2.48 bits per heavy atom. The zero-order valence-electron chi connectivity index (χ0n) is 19.0. The van der Waals surface area contributed by atoms with Crippen molar-refractivity contribution >= 4 is 33.1 Å². The van der Waals surface area contributed by atoms with Crippen molar-refractivity contribution in [2.45, 2.75) is 27.3 Å². The first-order valence-corrected chi connectivity index (χ1v) is 11.4. The van der Waals surface area contributed by atoms with Crippen LogP contribution in [0.25, 0.3) is 21.3 Å². The average Bonchev–Trinajstić information content (AvgIpc) is 3.15. The molecule has 0 saturated carbocycles.